The van der Waals surface area contributed by atoms with Gasteiger partial charge in [-0.05, 0) is 31.6 Å². The van der Waals surface area contributed by atoms with Gasteiger partial charge in [-0.15, -0.1) is 11.8 Å². The lowest BCUT2D eigenvalue weighted by Crippen LogP contribution is -2.37. The number of unbranched alkanes of at least 4 members (excludes halogenated alkanes) is 10. The standard InChI is InChI=1S/C26H54NO5PS2/c1-8-10-11-12-13-14-15-16-17-18-19-20-25(9-2)35-26(23(3)31-24(4)28)32-33(29,34)30-22-21-27(5,6)7/h23,25-26H,8-22H2,1-7H3/p+1/t23?,25-,26?,33?/m0/s1. The predicted molar refractivity (Wildman–Crippen MR) is 154 cm³/mol. The average Bonchev–Trinajstić information content (AvgIpc) is 2.74. The minimum Gasteiger partial charge on any atom is -0.459 e. The molecule has 0 aliphatic carbocycles. The molecular weight excluding hydrogens is 501 g/mol. The topological polar surface area (TPSA) is 65.0 Å². The SMILES string of the molecule is CCCCCCCCCCCCC[C@H](CC)SC(OP(O)(=S)OCC[N+](C)(C)C)C(C)OC(C)=O. The van der Waals surface area contributed by atoms with Crippen molar-refractivity contribution in [2.75, 3.05) is 34.3 Å². The van der Waals surface area contributed by atoms with Crippen LogP contribution in [0.1, 0.15) is 111 Å². The van der Waals surface area contributed by atoms with E-state index < -0.39 is 18.3 Å². The molecule has 0 aliphatic rings. The van der Waals surface area contributed by atoms with E-state index in [2.05, 4.69) is 13.8 Å². The molecule has 0 heterocycles. The first kappa shape index (κ1) is 35.3. The molecular formula is C26H55NO5PS2+. The molecule has 0 aromatic heterocycles. The molecule has 0 amide bonds. The third-order valence-corrected chi connectivity index (χ3v) is 9.32. The summed E-state index contributed by atoms with van der Waals surface area (Å²) < 4.78 is 17.6. The summed E-state index contributed by atoms with van der Waals surface area (Å²) in [5, 5.41) is 0.345. The Labute approximate surface area is 226 Å². The van der Waals surface area contributed by atoms with E-state index in [1.807, 2.05) is 21.1 Å². The fraction of sp³-hybridized carbons (Fsp3) is 0.962. The Kier molecular flexibility index (Phi) is 20.5. The van der Waals surface area contributed by atoms with Crippen molar-refractivity contribution in [2.45, 2.75) is 128 Å². The van der Waals surface area contributed by atoms with Crippen LogP contribution in [0.25, 0.3) is 0 Å². The van der Waals surface area contributed by atoms with Crippen molar-refractivity contribution in [3.63, 3.8) is 0 Å². The first-order chi connectivity index (χ1) is 16.4. The summed E-state index contributed by atoms with van der Waals surface area (Å²) in [6.45, 7) is 5.17. The number of likely N-dealkylation sites (N-methyl/N-ethyl adjacent to an activating group) is 1. The Bertz CT molecular complexity index is 589. The summed E-state index contributed by atoms with van der Waals surface area (Å²) in [6.07, 6.45) is 16.1. The maximum atomic E-state index is 11.5. The summed E-state index contributed by atoms with van der Waals surface area (Å²) in [6, 6.07) is 0. The van der Waals surface area contributed by atoms with Gasteiger partial charge >= 0.3 is 12.7 Å². The van der Waals surface area contributed by atoms with E-state index in [-0.39, 0.29) is 5.97 Å². The smallest absolute Gasteiger partial charge is 0.325 e. The third kappa shape index (κ3) is 22.0. The van der Waals surface area contributed by atoms with Gasteiger partial charge in [0.05, 0.1) is 21.1 Å². The molecule has 0 saturated carbocycles. The molecule has 4 atom stereocenters. The second kappa shape index (κ2) is 20.3. The second-order valence-electron chi connectivity index (χ2n) is 10.6. The van der Waals surface area contributed by atoms with Gasteiger partial charge in [0.15, 0.2) is 0 Å². The lowest BCUT2D eigenvalue weighted by Gasteiger charge is -2.30. The van der Waals surface area contributed by atoms with Gasteiger partial charge in [0, 0.05) is 12.2 Å². The van der Waals surface area contributed by atoms with Crippen LogP contribution in [-0.2, 0) is 30.4 Å². The van der Waals surface area contributed by atoms with Gasteiger partial charge in [0.1, 0.15) is 24.7 Å². The summed E-state index contributed by atoms with van der Waals surface area (Å²) >= 11 is 6.88. The monoisotopic (exact) mass is 556 g/mol. The maximum Gasteiger partial charge on any atom is 0.325 e. The average molecular weight is 557 g/mol. The molecule has 3 unspecified atom stereocenters. The van der Waals surface area contributed by atoms with Crippen LogP contribution in [-0.4, -0.2) is 66.4 Å². The number of ether oxygens (including phenoxy) is 1. The van der Waals surface area contributed by atoms with Crippen molar-refractivity contribution >= 4 is 36.3 Å². The number of hydrogen-bond donors (Lipinski definition) is 1. The van der Waals surface area contributed by atoms with E-state index in [1.165, 1.54) is 77.6 Å². The Morgan fingerprint density at radius 2 is 1.49 bits per heavy atom. The number of carbonyl (C=O) groups excluding carboxylic acids is 1. The molecule has 0 bridgehead atoms. The fourth-order valence-electron chi connectivity index (χ4n) is 3.72. The van der Waals surface area contributed by atoms with Crippen molar-refractivity contribution in [3.05, 3.63) is 0 Å². The van der Waals surface area contributed by atoms with Crippen molar-refractivity contribution in [1.29, 1.82) is 0 Å². The Morgan fingerprint density at radius 1 is 0.971 bits per heavy atom. The van der Waals surface area contributed by atoms with Crippen molar-refractivity contribution in [2.24, 2.45) is 0 Å². The van der Waals surface area contributed by atoms with Gasteiger partial charge in [-0.2, -0.15) is 0 Å². The van der Waals surface area contributed by atoms with Crippen LogP contribution in [0.5, 0.6) is 0 Å². The molecule has 0 rings (SSSR count). The quantitative estimate of drug-likeness (QED) is 0.0461. The number of thioether (sulfide) groups is 1. The lowest BCUT2D eigenvalue weighted by atomic mass is 10.0. The molecule has 0 radical (unpaired) electrons. The van der Waals surface area contributed by atoms with Gasteiger partial charge in [-0.25, -0.2) is 0 Å². The lowest BCUT2D eigenvalue weighted by molar-refractivity contribution is -0.870. The van der Waals surface area contributed by atoms with E-state index in [0.717, 1.165) is 12.8 Å². The number of quaternary nitrogens is 1. The molecule has 1 N–H and O–H groups in total. The summed E-state index contributed by atoms with van der Waals surface area (Å²) in [4.78, 5) is 22.2. The Morgan fingerprint density at radius 3 is 1.94 bits per heavy atom. The second-order valence-corrected chi connectivity index (χ2v) is 14.8. The highest BCUT2D eigenvalue weighted by Gasteiger charge is 2.31. The largest absolute Gasteiger partial charge is 0.459 e. The molecule has 9 heteroatoms. The van der Waals surface area contributed by atoms with Crippen LogP contribution >= 0.6 is 18.5 Å². The summed E-state index contributed by atoms with van der Waals surface area (Å²) in [7, 11) is 6.15. The molecule has 0 saturated heterocycles. The number of esters is 1. The normalized spacial score (nSPS) is 16.5. The van der Waals surface area contributed by atoms with Gasteiger partial charge in [-0.1, -0.05) is 84.5 Å². The molecule has 210 valence electrons. The first-order valence-corrected chi connectivity index (χ1v) is 17.2. The molecule has 0 aromatic carbocycles. The number of nitrogens with zero attached hydrogens (tertiary/aromatic N) is 1. The molecule has 0 fully saturated rings. The van der Waals surface area contributed by atoms with Crippen LogP contribution in [0.4, 0.5) is 0 Å². The van der Waals surface area contributed by atoms with Gasteiger partial charge in [0.25, 0.3) is 0 Å². The fourth-order valence-corrected chi connectivity index (χ4v) is 6.90. The van der Waals surface area contributed by atoms with E-state index >= 15 is 0 Å². The number of hydrogen-bond acceptors (Lipinski definition) is 6. The van der Waals surface area contributed by atoms with Crippen LogP contribution in [0.2, 0.25) is 0 Å². The molecule has 6 nitrogen and oxygen atoms in total. The molecule has 0 aliphatic heterocycles. The van der Waals surface area contributed by atoms with E-state index in [1.54, 1.807) is 18.7 Å². The van der Waals surface area contributed by atoms with Crippen LogP contribution in [0, 0.1) is 0 Å². The van der Waals surface area contributed by atoms with Gasteiger partial charge in [-0.3, -0.25) is 9.32 Å². The number of rotatable bonds is 23. The van der Waals surface area contributed by atoms with Gasteiger partial charge in [0.2, 0.25) is 0 Å². The zero-order valence-corrected chi connectivity index (χ0v) is 26.2. The summed E-state index contributed by atoms with van der Waals surface area (Å²) in [5.41, 5.74) is -0.559. The van der Waals surface area contributed by atoms with Crippen LogP contribution in [0.15, 0.2) is 0 Å². The summed E-state index contributed by atoms with van der Waals surface area (Å²) in [5.74, 6) is -0.373. The minimum atomic E-state index is -3.44. The van der Waals surface area contributed by atoms with Crippen molar-refractivity contribution in [3.8, 4) is 0 Å². The van der Waals surface area contributed by atoms with Crippen LogP contribution < -0.4 is 0 Å². The van der Waals surface area contributed by atoms with E-state index in [9.17, 15) is 9.69 Å². The van der Waals surface area contributed by atoms with Gasteiger partial charge < -0.3 is 18.6 Å². The van der Waals surface area contributed by atoms with E-state index in [4.69, 9.17) is 25.6 Å². The van der Waals surface area contributed by atoms with Crippen LogP contribution in [0.3, 0.4) is 0 Å². The maximum absolute atomic E-state index is 11.5. The molecule has 0 spiro atoms. The van der Waals surface area contributed by atoms with Crippen molar-refractivity contribution < 1.29 is 28.0 Å². The zero-order chi connectivity index (χ0) is 26.7. The first-order valence-electron chi connectivity index (χ1n) is 13.7. The highest BCUT2D eigenvalue weighted by atomic mass is 32.5. The molecule has 0 aromatic rings. The highest BCUT2D eigenvalue weighted by molar-refractivity contribution is 8.07. The highest BCUT2D eigenvalue weighted by Crippen LogP contribution is 2.48. The van der Waals surface area contributed by atoms with Crippen molar-refractivity contribution in [1.82, 2.24) is 0 Å². The Hall–Kier alpha value is 0.310. The molecule has 35 heavy (non-hydrogen) atoms. The third-order valence-electron chi connectivity index (χ3n) is 5.90. The minimum absolute atomic E-state index is 0.312. The van der Waals surface area contributed by atoms with E-state index in [0.29, 0.717) is 22.9 Å². The number of carbonyl (C=O) groups is 1. The zero-order valence-electron chi connectivity index (χ0n) is 23.6. The predicted octanol–water partition coefficient (Wildman–Crippen LogP) is 7.43. The Balaban J connectivity index is 4.53.